The van der Waals surface area contributed by atoms with E-state index in [4.69, 9.17) is 12.2 Å². The number of hydrogen-bond donors (Lipinski definition) is 1. The Morgan fingerprint density at radius 3 is 2.13 bits per heavy atom. The second kappa shape index (κ2) is 3.74. The largest absolute Gasteiger partial charge is 0.299 e. The van der Waals surface area contributed by atoms with E-state index in [1.165, 1.54) is 0 Å². The highest BCUT2D eigenvalue weighted by molar-refractivity contribution is 7.71. The van der Waals surface area contributed by atoms with E-state index in [9.17, 15) is 0 Å². The third kappa shape index (κ3) is 3.16. The molecule has 0 aliphatic rings. The van der Waals surface area contributed by atoms with Crippen LogP contribution in [0.1, 0.15) is 47.4 Å². The van der Waals surface area contributed by atoms with E-state index < -0.39 is 0 Å². The van der Waals surface area contributed by atoms with Crippen LogP contribution in [0.5, 0.6) is 0 Å². The minimum absolute atomic E-state index is 0.00926. The maximum Gasteiger partial charge on any atom is 0.195 e. The zero-order valence-electron chi connectivity index (χ0n) is 10.5. The van der Waals surface area contributed by atoms with Gasteiger partial charge in [0, 0.05) is 12.0 Å². The number of nitrogens with one attached hydrogen (secondary N) is 1. The molecule has 15 heavy (non-hydrogen) atoms. The molecular formula is C11H21N3S. The molecule has 0 aromatic carbocycles. The molecule has 1 N–H and O–H groups in total. The summed E-state index contributed by atoms with van der Waals surface area (Å²) in [5.41, 5.74) is 0.217. The van der Waals surface area contributed by atoms with Crippen LogP contribution in [0, 0.1) is 10.2 Å². The number of nitrogens with zero attached hydrogens (tertiary/aromatic N) is 2. The predicted molar refractivity (Wildman–Crippen MR) is 65.6 cm³/mol. The summed E-state index contributed by atoms with van der Waals surface area (Å²) in [6.07, 6.45) is 0.928. The molecule has 0 bridgehead atoms. The SMILES string of the molecule is CC(C)(C)Cc1n[nH]c(=S)n1C(C)(C)C. The molecule has 0 aliphatic carbocycles. The van der Waals surface area contributed by atoms with Crippen molar-refractivity contribution in [3.63, 3.8) is 0 Å². The molecule has 4 heteroatoms. The van der Waals surface area contributed by atoms with Crippen molar-refractivity contribution in [3.05, 3.63) is 10.6 Å². The average molecular weight is 227 g/mol. The highest BCUT2D eigenvalue weighted by Gasteiger charge is 2.22. The van der Waals surface area contributed by atoms with Gasteiger partial charge in [-0.05, 0) is 38.4 Å². The van der Waals surface area contributed by atoms with Crippen molar-refractivity contribution < 1.29 is 0 Å². The molecule has 0 fully saturated rings. The van der Waals surface area contributed by atoms with E-state index in [0.717, 1.165) is 12.2 Å². The molecule has 0 aliphatic heterocycles. The first-order chi connectivity index (χ1) is 6.61. The lowest BCUT2D eigenvalue weighted by molar-refractivity contribution is 0.340. The number of aromatic nitrogens is 3. The molecule has 0 amide bonds. The minimum Gasteiger partial charge on any atom is -0.299 e. The van der Waals surface area contributed by atoms with E-state index in [1.807, 2.05) is 0 Å². The summed E-state index contributed by atoms with van der Waals surface area (Å²) in [7, 11) is 0. The van der Waals surface area contributed by atoms with E-state index in [2.05, 4.69) is 56.3 Å². The van der Waals surface area contributed by atoms with Gasteiger partial charge in [0.1, 0.15) is 5.82 Å². The molecule has 1 rings (SSSR count). The first-order valence-corrected chi connectivity index (χ1v) is 5.69. The van der Waals surface area contributed by atoms with E-state index in [0.29, 0.717) is 4.77 Å². The monoisotopic (exact) mass is 227 g/mol. The molecule has 0 atom stereocenters. The van der Waals surface area contributed by atoms with Crippen LogP contribution in [0.2, 0.25) is 0 Å². The Morgan fingerprint density at radius 1 is 1.20 bits per heavy atom. The molecule has 0 spiro atoms. The maximum atomic E-state index is 5.26. The highest BCUT2D eigenvalue weighted by Crippen LogP contribution is 2.23. The van der Waals surface area contributed by atoms with Gasteiger partial charge < -0.3 is 0 Å². The predicted octanol–water partition coefficient (Wildman–Crippen LogP) is 3.28. The molecule has 3 nitrogen and oxygen atoms in total. The second-order valence-corrected chi connectivity index (χ2v) is 6.58. The van der Waals surface area contributed by atoms with Crippen LogP contribution in [0.25, 0.3) is 0 Å². The van der Waals surface area contributed by atoms with Crippen LogP contribution < -0.4 is 0 Å². The summed E-state index contributed by atoms with van der Waals surface area (Å²) in [6.45, 7) is 13.0. The van der Waals surface area contributed by atoms with Gasteiger partial charge in [-0.15, -0.1) is 0 Å². The third-order valence-electron chi connectivity index (χ3n) is 2.10. The fourth-order valence-corrected chi connectivity index (χ4v) is 2.04. The first kappa shape index (κ1) is 12.4. The standard InChI is InChI=1S/C11H21N3S/c1-10(2,3)7-8-12-13-9(15)14(8)11(4,5)6/h7H2,1-6H3,(H,13,15). The Morgan fingerprint density at radius 2 is 1.73 bits per heavy atom. The Labute approximate surface area is 96.9 Å². The van der Waals surface area contributed by atoms with E-state index in [-0.39, 0.29) is 11.0 Å². The van der Waals surface area contributed by atoms with Gasteiger partial charge in [0.25, 0.3) is 0 Å². The lowest BCUT2D eigenvalue weighted by atomic mass is 9.91. The Balaban J connectivity index is 3.16. The van der Waals surface area contributed by atoms with Crippen LogP contribution >= 0.6 is 12.2 Å². The Kier molecular flexibility index (Phi) is 3.10. The molecular weight excluding hydrogens is 206 g/mol. The molecule has 1 aromatic rings. The molecule has 0 radical (unpaired) electrons. The smallest absolute Gasteiger partial charge is 0.195 e. The van der Waals surface area contributed by atoms with Gasteiger partial charge in [-0.3, -0.25) is 9.67 Å². The lowest BCUT2D eigenvalue weighted by Gasteiger charge is -2.25. The third-order valence-corrected chi connectivity index (χ3v) is 2.37. The number of hydrogen-bond acceptors (Lipinski definition) is 2. The van der Waals surface area contributed by atoms with Crippen LogP contribution in [-0.4, -0.2) is 14.8 Å². The molecule has 1 aromatic heterocycles. The molecule has 0 saturated carbocycles. The molecule has 86 valence electrons. The zero-order chi connectivity index (χ0) is 11.9. The van der Waals surface area contributed by atoms with E-state index >= 15 is 0 Å². The summed E-state index contributed by atoms with van der Waals surface area (Å²) < 4.78 is 2.81. The van der Waals surface area contributed by atoms with Crippen molar-refractivity contribution in [2.24, 2.45) is 5.41 Å². The second-order valence-electron chi connectivity index (χ2n) is 6.19. The van der Waals surface area contributed by atoms with Gasteiger partial charge in [-0.2, -0.15) is 5.10 Å². The quantitative estimate of drug-likeness (QED) is 0.747. The van der Waals surface area contributed by atoms with Gasteiger partial charge in [0.05, 0.1) is 0 Å². The van der Waals surface area contributed by atoms with Gasteiger partial charge in [-0.1, -0.05) is 20.8 Å². The Hall–Kier alpha value is -0.640. The summed E-state index contributed by atoms with van der Waals surface area (Å²) >= 11 is 5.26. The Bertz CT molecular complexity index is 387. The number of aromatic amines is 1. The van der Waals surface area contributed by atoms with Crippen LogP contribution in [0.4, 0.5) is 0 Å². The van der Waals surface area contributed by atoms with Gasteiger partial charge in [-0.25, -0.2) is 0 Å². The molecule has 0 unspecified atom stereocenters. The van der Waals surface area contributed by atoms with Gasteiger partial charge in [0.15, 0.2) is 4.77 Å². The van der Waals surface area contributed by atoms with Crippen molar-refractivity contribution in [3.8, 4) is 0 Å². The summed E-state index contributed by atoms with van der Waals surface area (Å²) in [6, 6.07) is 0. The summed E-state index contributed by atoms with van der Waals surface area (Å²) in [5.74, 6) is 1.04. The van der Waals surface area contributed by atoms with Gasteiger partial charge >= 0.3 is 0 Å². The van der Waals surface area contributed by atoms with Crippen LogP contribution in [0.15, 0.2) is 0 Å². The summed E-state index contributed by atoms with van der Waals surface area (Å²) in [4.78, 5) is 0. The highest BCUT2D eigenvalue weighted by atomic mass is 32.1. The van der Waals surface area contributed by atoms with Crippen molar-refractivity contribution in [1.82, 2.24) is 14.8 Å². The molecule has 0 saturated heterocycles. The number of rotatable bonds is 1. The van der Waals surface area contributed by atoms with Crippen LogP contribution in [-0.2, 0) is 12.0 Å². The number of H-pyrrole nitrogens is 1. The van der Waals surface area contributed by atoms with Crippen molar-refractivity contribution in [2.75, 3.05) is 0 Å². The van der Waals surface area contributed by atoms with E-state index in [1.54, 1.807) is 0 Å². The minimum atomic E-state index is -0.00926. The first-order valence-electron chi connectivity index (χ1n) is 5.28. The van der Waals surface area contributed by atoms with Crippen molar-refractivity contribution in [2.45, 2.75) is 53.5 Å². The van der Waals surface area contributed by atoms with Gasteiger partial charge in [0.2, 0.25) is 0 Å². The topological polar surface area (TPSA) is 33.6 Å². The zero-order valence-corrected chi connectivity index (χ0v) is 11.3. The van der Waals surface area contributed by atoms with Crippen molar-refractivity contribution >= 4 is 12.2 Å². The normalized spacial score (nSPS) is 13.2. The van der Waals surface area contributed by atoms with Crippen LogP contribution in [0.3, 0.4) is 0 Å². The maximum absolute atomic E-state index is 5.26. The fourth-order valence-electron chi connectivity index (χ4n) is 1.61. The van der Waals surface area contributed by atoms with Crippen molar-refractivity contribution in [1.29, 1.82) is 0 Å². The fraction of sp³-hybridized carbons (Fsp3) is 0.818. The average Bonchev–Trinajstić information content (AvgIpc) is 2.25. The lowest BCUT2D eigenvalue weighted by Crippen LogP contribution is -2.26. The summed E-state index contributed by atoms with van der Waals surface area (Å²) in [5, 5.41) is 7.20. The molecule has 1 heterocycles.